The first-order valence-electron chi connectivity index (χ1n) is 9.00. The normalized spacial score (nSPS) is 24.0. The van der Waals surface area contributed by atoms with Crippen molar-refractivity contribution in [3.05, 3.63) is 35.6 Å². The number of halogens is 1. The van der Waals surface area contributed by atoms with Gasteiger partial charge in [-0.1, -0.05) is 25.0 Å². The molecule has 1 unspecified atom stereocenters. The zero-order valence-electron chi connectivity index (χ0n) is 14.1. The summed E-state index contributed by atoms with van der Waals surface area (Å²) in [5.41, 5.74) is -0.203. The van der Waals surface area contributed by atoms with Crippen molar-refractivity contribution in [3.63, 3.8) is 0 Å². The Morgan fingerprint density at radius 1 is 1.13 bits per heavy atom. The summed E-state index contributed by atoms with van der Waals surface area (Å²) < 4.78 is 13.0. The fraction of sp³-hybridized carbons (Fsp3) is 0.684. The Bertz CT molecular complexity index is 489. The van der Waals surface area contributed by atoms with Crippen LogP contribution in [0.15, 0.2) is 24.3 Å². The summed E-state index contributed by atoms with van der Waals surface area (Å²) in [7, 11) is 0. The van der Waals surface area contributed by atoms with Gasteiger partial charge in [0.05, 0.1) is 5.60 Å². The highest BCUT2D eigenvalue weighted by Gasteiger charge is 2.29. The van der Waals surface area contributed by atoms with Crippen LogP contribution >= 0.6 is 0 Å². The average Bonchev–Trinajstić information content (AvgIpc) is 3.08. The minimum absolute atomic E-state index is 0.267. The molecule has 1 heterocycles. The summed E-state index contributed by atoms with van der Waals surface area (Å²) in [5, 5.41) is 14.2. The highest BCUT2D eigenvalue weighted by molar-refractivity contribution is 5.22. The molecular formula is C19H29FN2O. The van der Waals surface area contributed by atoms with Gasteiger partial charge in [-0.15, -0.1) is 0 Å². The number of likely N-dealkylation sites (tertiary alicyclic amines) is 1. The molecule has 0 aromatic heterocycles. The van der Waals surface area contributed by atoms with Crippen molar-refractivity contribution in [3.8, 4) is 0 Å². The van der Waals surface area contributed by atoms with Crippen molar-refractivity contribution in [2.24, 2.45) is 0 Å². The lowest BCUT2D eigenvalue weighted by Crippen LogP contribution is -2.48. The fourth-order valence-electron chi connectivity index (χ4n) is 3.99. The van der Waals surface area contributed by atoms with E-state index in [1.165, 1.54) is 50.9 Å². The van der Waals surface area contributed by atoms with E-state index >= 15 is 0 Å². The van der Waals surface area contributed by atoms with E-state index in [1.54, 1.807) is 19.1 Å². The van der Waals surface area contributed by atoms with E-state index in [2.05, 4.69) is 10.2 Å². The Balaban J connectivity index is 1.46. The van der Waals surface area contributed by atoms with Gasteiger partial charge in [-0.25, -0.2) is 4.39 Å². The molecule has 1 aliphatic heterocycles. The minimum Gasteiger partial charge on any atom is -0.384 e. The topological polar surface area (TPSA) is 35.5 Å². The van der Waals surface area contributed by atoms with Crippen molar-refractivity contribution in [2.75, 3.05) is 19.6 Å². The zero-order valence-corrected chi connectivity index (χ0v) is 14.1. The number of nitrogens with zero attached hydrogens (tertiary/aromatic N) is 1. The maximum absolute atomic E-state index is 13.0. The van der Waals surface area contributed by atoms with Crippen LogP contribution in [0.2, 0.25) is 0 Å². The number of rotatable bonds is 5. The number of hydrogen-bond donors (Lipinski definition) is 2. The Labute approximate surface area is 138 Å². The molecule has 23 heavy (non-hydrogen) atoms. The fourth-order valence-corrected chi connectivity index (χ4v) is 3.99. The zero-order chi connectivity index (χ0) is 16.3. The van der Waals surface area contributed by atoms with Crippen LogP contribution in [0.1, 0.15) is 51.0 Å². The molecule has 1 saturated heterocycles. The molecule has 1 atom stereocenters. The molecule has 2 N–H and O–H groups in total. The second-order valence-corrected chi connectivity index (χ2v) is 7.41. The van der Waals surface area contributed by atoms with Crippen molar-refractivity contribution >= 4 is 0 Å². The Morgan fingerprint density at radius 3 is 2.35 bits per heavy atom. The first-order chi connectivity index (χ1) is 11.0. The van der Waals surface area contributed by atoms with E-state index < -0.39 is 5.60 Å². The first kappa shape index (κ1) is 16.9. The lowest BCUT2D eigenvalue weighted by atomic mass is 9.94. The van der Waals surface area contributed by atoms with Crippen LogP contribution in [-0.2, 0) is 5.60 Å². The molecule has 4 heteroatoms. The minimum atomic E-state index is -0.962. The Kier molecular flexibility index (Phi) is 5.34. The summed E-state index contributed by atoms with van der Waals surface area (Å²) in [6.45, 7) is 4.63. The first-order valence-corrected chi connectivity index (χ1v) is 9.00. The monoisotopic (exact) mass is 320 g/mol. The van der Waals surface area contributed by atoms with Gasteiger partial charge in [0.2, 0.25) is 0 Å². The molecule has 128 valence electrons. The maximum atomic E-state index is 13.0. The van der Waals surface area contributed by atoms with Crippen LogP contribution in [0.5, 0.6) is 0 Å². The van der Waals surface area contributed by atoms with Gasteiger partial charge >= 0.3 is 0 Å². The quantitative estimate of drug-likeness (QED) is 0.875. The molecule has 1 aromatic rings. The molecular weight excluding hydrogens is 291 g/mol. The van der Waals surface area contributed by atoms with E-state index in [4.69, 9.17) is 0 Å². The smallest absolute Gasteiger partial charge is 0.123 e. The molecule has 1 saturated carbocycles. The molecule has 2 fully saturated rings. The van der Waals surface area contributed by atoms with E-state index in [-0.39, 0.29) is 5.82 Å². The van der Waals surface area contributed by atoms with Gasteiger partial charge in [-0.3, -0.25) is 0 Å². The molecule has 3 nitrogen and oxygen atoms in total. The van der Waals surface area contributed by atoms with Crippen molar-refractivity contribution in [1.82, 2.24) is 10.2 Å². The molecule has 2 aliphatic rings. The van der Waals surface area contributed by atoms with Gasteiger partial charge in [-0.05, 0) is 63.4 Å². The van der Waals surface area contributed by atoms with E-state index in [0.29, 0.717) is 12.6 Å². The van der Waals surface area contributed by atoms with Gasteiger partial charge in [0, 0.05) is 18.6 Å². The molecule has 0 amide bonds. The third-order valence-corrected chi connectivity index (χ3v) is 5.57. The highest BCUT2D eigenvalue weighted by Crippen LogP contribution is 2.26. The SMILES string of the molecule is CC(O)(CNC1CCN(C2CCCC2)CC1)c1ccc(F)cc1. The van der Waals surface area contributed by atoms with Crippen LogP contribution in [0.25, 0.3) is 0 Å². The molecule has 0 spiro atoms. The van der Waals surface area contributed by atoms with Gasteiger partial charge in [0.25, 0.3) is 0 Å². The average molecular weight is 320 g/mol. The van der Waals surface area contributed by atoms with Crippen LogP contribution in [0, 0.1) is 5.82 Å². The van der Waals surface area contributed by atoms with Gasteiger partial charge < -0.3 is 15.3 Å². The van der Waals surface area contributed by atoms with Crippen molar-refractivity contribution in [1.29, 1.82) is 0 Å². The van der Waals surface area contributed by atoms with E-state index in [0.717, 1.165) is 24.4 Å². The molecule has 3 rings (SSSR count). The number of piperidine rings is 1. The van der Waals surface area contributed by atoms with Crippen LogP contribution in [0.3, 0.4) is 0 Å². The van der Waals surface area contributed by atoms with Gasteiger partial charge in [-0.2, -0.15) is 0 Å². The summed E-state index contributed by atoms with van der Waals surface area (Å²) in [4.78, 5) is 2.66. The number of nitrogens with one attached hydrogen (secondary N) is 1. The van der Waals surface area contributed by atoms with Crippen molar-refractivity contribution in [2.45, 2.75) is 63.1 Å². The third kappa shape index (κ3) is 4.31. The molecule has 0 bridgehead atoms. The van der Waals surface area contributed by atoms with Gasteiger partial charge in [0.1, 0.15) is 5.82 Å². The largest absolute Gasteiger partial charge is 0.384 e. The van der Waals surface area contributed by atoms with Crippen molar-refractivity contribution < 1.29 is 9.50 Å². The lowest BCUT2D eigenvalue weighted by molar-refractivity contribution is 0.0485. The van der Waals surface area contributed by atoms with E-state index in [1.807, 2.05) is 0 Å². The Morgan fingerprint density at radius 2 is 1.74 bits per heavy atom. The van der Waals surface area contributed by atoms with Crippen LogP contribution in [0.4, 0.5) is 4.39 Å². The number of hydrogen-bond acceptors (Lipinski definition) is 3. The predicted molar refractivity (Wildman–Crippen MR) is 90.8 cm³/mol. The predicted octanol–water partition coefficient (Wildman–Crippen LogP) is 3.03. The Hall–Kier alpha value is -0.970. The second kappa shape index (κ2) is 7.29. The number of aliphatic hydroxyl groups is 1. The van der Waals surface area contributed by atoms with Crippen LogP contribution < -0.4 is 5.32 Å². The molecule has 1 aromatic carbocycles. The summed E-state index contributed by atoms with van der Waals surface area (Å²) in [6.07, 6.45) is 7.83. The standard InChI is InChI=1S/C19H29FN2O/c1-19(23,15-6-8-16(20)9-7-15)14-21-17-10-12-22(13-11-17)18-4-2-3-5-18/h6-9,17-18,21,23H,2-5,10-14H2,1H3. The summed E-state index contributed by atoms with van der Waals surface area (Å²) in [5.74, 6) is -0.267. The van der Waals surface area contributed by atoms with Crippen LogP contribution in [-0.4, -0.2) is 41.7 Å². The maximum Gasteiger partial charge on any atom is 0.123 e. The second-order valence-electron chi connectivity index (χ2n) is 7.41. The molecule has 1 aliphatic carbocycles. The number of benzene rings is 1. The summed E-state index contributed by atoms with van der Waals surface area (Å²) in [6, 6.07) is 7.44. The summed E-state index contributed by atoms with van der Waals surface area (Å²) >= 11 is 0. The lowest BCUT2D eigenvalue weighted by Gasteiger charge is -2.37. The molecule has 0 radical (unpaired) electrons. The van der Waals surface area contributed by atoms with E-state index in [9.17, 15) is 9.50 Å². The third-order valence-electron chi connectivity index (χ3n) is 5.57. The highest BCUT2D eigenvalue weighted by atomic mass is 19.1. The van der Waals surface area contributed by atoms with Gasteiger partial charge in [0.15, 0.2) is 0 Å².